The first kappa shape index (κ1) is 12.9. The summed E-state index contributed by atoms with van der Waals surface area (Å²) in [6, 6.07) is 4.67. The van der Waals surface area contributed by atoms with E-state index in [2.05, 4.69) is 9.71 Å². The van der Waals surface area contributed by atoms with Gasteiger partial charge < -0.3 is 10.2 Å². The SMILES string of the molecule is CNS(=O)(=O)c1ccc(Sc2ncco2)cc1N. The standard InChI is InChI=1S/C10H11N3O3S2/c1-12-18(14,15)9-3-2-7(6-8(9)11)17-10-13-4-5-16-10/h2-6,12H,11H2,1H3. The van der Waals surface area contributed by atoms with Crippen molar-refractivity contribution in [2.45, 2.75) is 15.0 Å². The van der Waals surface area contributed by atoms with Gasteiger partial charge in [-0.15, -0.1) is 0 Å². The highest BCUT2D eigenvalue weighted by Crippen LogP contribution is 2.30. The minimum absolute atomic E-state index is 0.0572. The molecule has 0 aliphatic rings. The third kappa shape index (κ3) is 2.66. The summed E-state index contributed by atoms with van der Waals surface area (Å²) in [5, 5.41) is 0.471. The van der Waals surface area contributed by atoms with Crippen LogP contribution in [-0.2, 0) is 10.0 Å². The normalized spacial score (nSPS) is 11.6. The largest absolute Gasteiger partial charge is 0.440 e. The number of sulfonamides is 1. The second-order valence-electron chi connectivity index (χ2n) is 3.31. The van der Waals surface area contributed by atoms with Gasteiger partial charge in [-0.25, -0.2) is 18.1 Å². The molecule has 0 radical (unpaired) electrons. The highest BCUT2D eigenvalue weighted by Gasteiger charge is 2.15. The third-order valence-corrected chi connectivity index (χ3v) is 4.51. The van der Waals surface area contributed by atoms with E-state index in [0.29, 0.717) is 5.22 Å². The van der Waals surface area contributed by atoms with Gasteiger partial charge in [-0.1, -0.05) is 0 Å². The van der Waals surface area contributed by atoms with Crippen molar-refractivity contribution in [1.82, 2.24) is 9.71 Å². The maximum Gasteiger partial charge on any atom is 0.260 e. The van der Waals surface area contributed by atoms with Crippen LogP contribution in [0.1, 0.15) is 0 Å². The van der Waals surface area contributed by atoms with Crippen LogP contribution in [0.3, 0.4) is 0 Å². The van der Waals surface area contributed by atoms with Gasteiger partial charge in [0, 0.05) is 4.90 Å². The number of nitrogens with one attached hydrogen (secondary N) is 1. The van der Waals surface area contributed by atoms with Crippen LogP contribution in [0.5, 0.6) is 0 Å². The fourth-order valence-electron chi connectivity index (χ4n) is 1.31. The van der Waals surface area contributed by atoms with Gasteiger partial charge in [0.05, 0.1) is 11.9 Å². The molecule has 0 aliphatic heterocycles. The van der Waals surface area contributed by atoms with Crippen molar-refractivity contribution in [3.63, 3.8) is 0 Å². The van der Waals surface area contributed by atoms with E-state index in [1.165, 1.54) is 37.3 Å². The van der Waals surface area contributed by atoms with E-state index in [1.807, 2.05) is 0 Å². The van der Waals surface area contributed by atoms with E-state index in [4.69, 9.17) is 10.2 Å². The Morgan fingerprint density at radius 2 is 2.22 bits per heavy atom. The molecule has 2 aromatic rings. The summed E-state index contributed by atoms with van der Waals surface area (Å²) in [6.45, 7) is 0. The number of hydrogen-bond donors (Lipinski definition) is 2. The van der Waals surface area contributed by atoms with Crippen molar-refractivity contribution in [1.29, 1.82) is 0 Å². The van der Waals surface area contributed by atoms with Gasteiger partial charge in [0.25, 0.3) is 5.22 Å². The molecule has 0 unspecified atom stereocenters. The smallest absolute Gasteiger partial charge is 0.260 e. The average Bonchev–Trinajstić information content (AvgIpc) is 2.81. The Bertz CT molecular complexity index is 638. The zero-order chi connectivity index (χ0) is 13.2. The van der Waals surface area contributed by atoms with Crippen LogP contribution in [0, 0.1) is 0 Å². The van der Waals surface area contributed by atoms with E-state index in [9.17, 15) is 8.42 Å². The Hall–Kier alpha value is -1.51. The maximum atomic E-state index is 11.6. The first-order valence-corrected chi connectivity index (χ1v) is 7.23. The average molecular weight is 285 g/mol. The maximum absolute atomic E-state index is 11.6. The molecule has 0 saturated heterocycles. The lowest BCUT2D eigenvalue weighted by atomic mass is 10.3. The number of nitrogen functional groups attached to an aromatic ring is 1. The number of rotatable bonds is 4. The van der Waals surface area contributed by atoms with Crippen LogP contribution in [0.25, 0.3) is 0 Å². The van der Waals surface area contributed by atoms with E-state index in [1.54, 1.807) is 12.1 Å². The van der Waals surface area contributed by atoms with Gasteiger partial charge in [-0.3, -0.25) is 0 Å². The quantitative estimate of drug-likeness (QED) is 0.822. The zero-order valence-electron chi connectivity index (χ0n) is 9.45. The summed E-state index contributed by atoms with van der Waals surface area (Å²) in [4.78, 5) is 4.77. The summed E-state index contributed by atoms with van der Waals surface area (Å²) in [6.07, 6.45) is 3.00. The molecular weight excluding hydrogens is 274 g/mol. The van der Waals surface area contributed by atoms with Crippen molar-refractivity contribution >= 4 is 27.5 Å². The first-order valence-electron chi connectivity index (χ1n) is 4.93. The lowest BCUT2D eigenvalue weighted by Gasteiger charge is -2.07. The highest BCUT2D eigenvalue weighted by atomic mass is 32.2. The second kappa shape index (κ2) is 5.01. The fourth-order valence-corrected chi connectivity index (χ4v) is 2.88. The first-order chi connectivity index (χ1) is 8.53. The summed E-state index contributed by atoms with van der Waals surface area (Å²) < 4.78 is 30.5. The molecule has 0 amide bonds. The highest BCUT2D eigenvalue weighted by molar-refractivity contribution is 7.99. The predicted molar refractivity (Wildman–Crippen MR) is 67.7 cm³/mol. The third-order valence-electron chi connectivity index (χ3n) is 2.15. The molecule has 6 nitrogen and oxygen atoms in total. The van der Waals surface area contributed by atoms with Gasteiger partial charge >= 0.3 is 0 Å². The van der Waals surface area contributed by atoms with Crippen LogP contribution in [0.15, 0.2) is 50.1 Å². The summed E-state index contributed by atoms with van der Waals surface area (Å²) in [7, 11) is -2.19. The van der Waals surface area contributed by atoms with E-state index >= 15 is 0 Å². The Morgan fingerprint density at radius 1 is 1.44 bits per heavy atom. The van der Waals surface area contributed by atoms with Gasteiger partial charge in [0.15, 0.2) is 0 Å². The van der Waals surface area contributed by atoms with Crippen LogP contribution < -0.4 is 10.5 Å². The number of hydrogen-bond acceptors (Lipinski definition) is 6. The molecule has 8 heteroatoms. The molecule has 3 N–H and O–H groups in total. The topological polar surface area (TPSA) is 98.2 Å². The molecule has 1 heterocycles. The molecule has 2 rings (SSSR count). The summed E-state index contributed by atoms with van der Waals surface area (Å²) >= 11 is 1.26. The van der Waals surface area contributed by atoms with E-state index < -0.39 is 10.0 Å². The monoisotopic (exact) mass is 285 g/mol. The van der Waals surface area contributed by atoms with Gasteiger partial charge in [0.1, 0.15) is 11.2 Å². The molecule has 0 saturated carbocycles. The van der Waals surface area contributed by atoms with E-state index in [-0.39, 0.29) is 10.6 Å². The molecule has 0 aliphatic carbocycles. The van der Waals surface area contributed by atoms with Crippen molar-refractivity contribution < 1.29 is 12.8 Å². The number of benzene rings is 1. The lowest BCUT2D eigenvalue weighted by molar-refractivity contribution is 0.454. The van der Waals surface area contributed by atoms with Crippen molar-refractivity contribution in [3.05, 3.63) is 30.7 Å². The molecule has 1 aromatic carbocycles. The van der Waals surface area contributed by atoms with Crippen LogP contribution in [0.4, 0.5) is 5.69 Å². The molecule has 0 atom stereocenters. The van der Waals surface area contributed by atoms with Gasteiger partial charge in [-0.2, -0.15) is 0 Å². The molecular formula is C10H11N3O3S2. The number of nitrogens with two attached hydrogens (primary N) is 1. The Balaban J connectivity index is 2.31. The summed E-state index contributed by atoms with van der Waals surface area (Å²) in [5.74, 6) is 0. The number of aromatic nitrogens is 1. The van der Waals surface area contributed by atoms with Crippen LogP contribution >= 0.6 is 11.8 Å². The Kier molecular flexibility index (Phi) is 3.60. The van der Waals surface area contributed by atoms with Crippen molar-refractivity contribution in [2.24, 2.45) is 0 Å². The van der Waals surface area contributed by atoms with Crippen molar-refractivity contribution in [2.75, 3.05) is 12.8 Å². The zero-order valence-corrected chi connectivity index (χ0v) is 11.1. The molecule has 0 bridgehead atoms. The fraction of sp³-hybridized carbons (Fsp3) is 0.100. The number of anilines is 1. The minimum atomic E-state index is -3.53. The molecule has 96 valence electrons. The van der Waals surface area contributed by atoms with Gasteiger partial charge in [-0.05, 0) is 37.0 Å². The molecule has 1 aromatic heterocycles. The van der Waals surface area contributed by atoms with E-state index in [0.717, 1.165) is 4.90 Å². The molecule has 18 heavy (non-hydrogen) atoms. The lowest BCUT2D eigenvalue weighted by Crippen LogP contribution is -2.19. The Morgan fingerprint density at radius 3 is 2.78 bits per heavy atom. The second-order valence-corrected chi connectivity index (χ2v) is 6.19. The minimum Gasteiger partial charge on any atom is -0.440 e. The molecule has 0 spiro atoms. The van der Waals surface area contributed by atoms with Crippen LogP contribution in [0.2, 0.25) is 0 Å². The number of oxazole rings is 1. The van der Waals surface area contributed by atoms with Crippen molar-refractivity contribution in [3.8, 4) is 0 Å². The number of nitrogens with zero attached hydrogens (tertiary/aromatic N) is 1. The van der Waals surface area contributed by atoms with Crippen LogP contribution in [-0.4, -0.2) is 20.4 Å². The molecule has 0 fully saturated rings. The predicted octanol–water partition coefficient (Wildman–Crippen LogP) is 1.32. The van der Waals surface area contributed by atoms with Gasteiger partial charge in [0.2, 0.25) is 10.0 Å². The Labute approximate surface area is 109 Å². The summed E-state index contributed by atoms with van der Waals surface area (Å²) in [5.41, 5.74) is 5.91.